The fourth-order valence-electron chi connectivity index (χ4n) is 2.15. The molecule has 0 aliphatic carbocycles. The van der Waals surface area contributed by atoms with Crippen LogP contribution in [0, 0.1) is 6.92 Å². The topological polar surface area (TPSA) is 42.1 Å². The van der Waals surface area contributed by atoms with Crippen molar-refractivity contribution in [1.82, 2.24) is 4.98 Å². The third kappa shape index (κ3) is 1.58. The van der Waals surface area contributed by atoms with Crippen LogP contribution in [0.15, 0.2) is 24.3 Å². The number of carbonyl (C=O) groups excluding carboxylic acids is 1. The third-order valence-electron chi connectivity index (χ3n) is 2.93. The van der Waals surface area contributed by atoms with Gasteiger partial charge in [0.15, 0.2) is 0 Å². The van der Waals surface area contributed by atoms with Crippen LogP contribution in [0.25, 0.3) is 10.9 Å². The van der Waals surface area contributed by atoms with Crippen LogP contribution in [-0.2, 0) is 9.53 Å². The summed E-state index contributed by atoms with van der Waals surface area (Å²) in [6, 6.07) is 7.98. The van der Waals surface area contributed by atoms with Gasteiger partial charge in [-0.25, -0.2) is 0 Å². The number of fused-ring (bicyclic) bond motifs is 1. The first-order valence-electron chi connectivity index (χ1n) is 5.30. The molecule has 3 heteroatoms. The molecule has 0 bridgehead atoms. The van der Waals surface area contributed by atoms with Gasteiger partial charge < -0.3 is 9.72 Å². The zero-order valence-corrected chi connectivity index (χ0v) is 9.70. The molecule has 3 nitrogen and oxygen atoms in total. The van der Waals surface area contributed by atoms with E-state index in [2.05, 4.69) is 4.98 Å². The van der Waals surface area contributed by atoms with E-state index >= 15 is 0 Å². The molecule has 0 aliphatic heterocycles. The van der Waals surface area contributed by atoms with E-state index in [0.717, 1.165) is 22.2 Å². The Morgan fingerprint density at radius 3 is 2.75 bits per heavy atom. The van der Waals surface area contributed by atoms with Crippen LogP contribution in [-0.4, -0.2) is 18.1 Å². The summed E-state index contributed by atoms with van der Waals surface area (Å²) in [4.78, 5) is 14.8. The molecule has 0 saturated heterocycles. The number of aromatic amines is 1. The van der Waals surface area contributed by atoms with Crippen molar-refractivity contribution >= 4 is 16.9 Å². The largest absolute Gasteiger partial charge is 0.469 e. The summed E-state index contributed by atoms with van der Waals surface area (Å²) in [6.07, 6.45) is 0. The highest BCUT2D eigenvalue weighted by Gasteiger charge is 2.21. The highest BCUT2D eigenvalue weighted by atomic mass is 16.5. The predicted octanol–water partition coefficient (Wildman–Crippen LogP) is 2.75. The van der Waals surface area contributed by atoms with Gasteiger partial charge in [-0.3, -0.25) is 4.79 Å². The Morgan fingerprint density at radius 2 is 2.06 bits per heavy atom. The Bertz CT molecular complexity index is 528. The lowest BCUT2D eigenvalue weighted by molar-refractivity contribution is -0.141. The van der Waals surface area contributed by atoms with Gasteiger partial charge >= 0.3 is 5.97 Å². The maximum atomic E-state index is 11.6. The molecule has 0 aliphatic rings. The minimum atomic E-state index is -0.235. The van der Waals surface area contributed by atoms with Crippen molar-refractivity contribution in [3.63, 3.8) is 0 Å². The molecule has 1 unspecified atom stereocenters. The second-order valence-electron chi connectivity index (χ2n) is 3.95. The fourth-order valence-corrected chi connectivity index (χ4v) is 2.15. The number of aryl methyl sites for hydroxylation is 1. The summed E-state index contributed by atoms with van der Waals surface area (Å²) in [5.74, 6) is -0.436. The first-order chi connectivity index (χ1) is 7.65. The van der Waals surface area contributed by atoms with E-state index in [4.69, 9.17) is 4.74 Å². The second-order valence-corrected chi connectivity index (χ2v) is 3.95. The summed E-state index contributed by atoms with van der Waals surface area (Å²) in [7, 11) is 1.42. The zero-order valence-electron chi connectivity index (χ0n) is 9.70. The average molecular weight is 217 g/mol. The van der Waals surface area contributed by atoms with Crippen molar-refractivity contribution in [2.75, 3.05) is 7.11 Å². The quantitative estimate of drug-likeness (QED) is 0.786. The van der Waals surface area contributed by atoms with Gasteiger partial charge in [-0.1, -0.05) is 18.2 Å². The Morgan fingerprint density at radius 1 is 1.38 bits per heavy atom. The molecule has 0 radical (unpaired) electrons. The Balaban J connectivity index is 2.59. The molecule has 1 N–H and O–H groups in total. The van der Waals surface area contributed by atoms with Crippen molar-refractivity contribution < 1.29 is 9.53 Å². The number of nitrogens with one attached hydrogen (secondary N) is 1. The minimum Gasteiger partial charge on any atom is -0.469 e. The Labute approximate surface area is 94.4 Å². The smallest absolute Gasteiger partial charge is 0.312 e. The number of esters is 1. The van der Waals surface area contributed by atoms with E-state index in [1.165, 1.54) is 7.11 Å². The van der Waals surface area contributed by atoms with Crippen LogP contribution in [0.4, 0.5) is 0 Å². The van der Waals surface area contributed by atoms with E-state index in [9.17, 15) is 4.79 Å². The lowest BCUT2D eigenvalue weighted by Crippen LogP contribution is -2.11. The number of para-hydroxylation sites is 1. The molecule has 2 aromatic rings. The molecule has 1 aromatic carbocycles. The Kier molecular flexibility index (Phi) is 2.69. The lowest BCUT2D eigenvalue weighted by atomic mass is 9.98. The predicted molar refractivity (Wildman–Crippen MR) is 63.5 cm³/mol. The number of carbonyl (C=O) groups is 1. The lowest BCUT2D eigenvalue weighted by Gasteiger charge is -2.09. The first kappa shape index (κ1) is 10.7. The number of methoxy groups -OCH3 is 1. The van der Waals surface area contributed by atoms with Crippen LogP contribution in [0.2, 0.25) is 0 Å². The summed E-state index contributed by atoms with van der Waals surface area (Å²) in [5, 5.41) is 1.10. The van der Waals surface area contributed by atoms with Crippen LogP contribution in [0.5, 0.6) is 0 Å². The molecule has 1 aromatic heterocycles. The number of aromatic nitrogens is 1. The molecule has 16 heavy (non-hydrogen) atoms. The monoisotopic (exact) mass is 217 g/mol. The highest BCUT2D eigenvalue weighted by Crippen LogP contribution is 2.29. The molecule has 1 atom stereocenters. The van der Waals surface area contributed by atoms with Gasteiger partial charge in [0, 0.05) is 16.6 Å². The standard InChI is InChI=1S/C13H15NO2/c1-8(13(15)16-3)12-9(2)14-11-7-5-4-6-10(11)12/h4-8,14H,1-3H3. The highest BCUT2D eigenvalue weighted by molar-refractivity contribution is 5.90. The zero-order chi connectivity index (χ0) is 11.7. The molecule has 0 amide bonds. The fraction of sp³-hybridized carbons (Fsp3) is 0.308. The van der Waals surface area contributed by atoms with E-state index in [-0.39, 0.29) is 11.9 Å². The Hall–Kier alpha value is -1.77. The number of ether oxygens (including phenoxy) is 1. The number of hydrogen-bond donors (Lipinski definition) is 1. The van der Waals surface area contributed by atoms with Gasteiger partial charge in [-0.2, -0.15) is 0 Å². The molecular weight excluding hydrogens is 202 g/mol. The average Bonchev–Trinajstić information content (AvgIpc) is 2.63. The van der Waals surface area contributed by atoms with E-state index in [1.807, 2.05) is 38.1 Å². The molecule has 2 rings (SSSR count). The van der Waals surface area contributed by atoms with Crippen LogP contribution in [0.3, 0.4) is 0 Å². The third-order valence-corrected chi connectivity index (χ3v) is 2.93. The summed E-state index contributed by atoms with van der Waals surface area (Å²) >= 11 is 0. The van der Waals surface area contributed by atoms with E-state index in [1.54, 1.807) is 0 Å². The molecule has 1 heterocycles. The normalized spacial score (nSPS) is 12.7. The second kappa shape index (κ2) is 4.00. The van der Waals surface area contributed by atoms with Gasteiger partial charge in [-0.15, -0.1) is 0 Å². The molecule has 0 spiro atoms. The van der Waals surface area contributed by atoms with Crippen LogP contribution in [0.1, 0.15) is 24.1 Å². The summed E-state index contributed by atoms with van der Waals surface area (Å²) < 4.78 is 4.79. The van der Waals surface area contributed by atoms with Crippen molar-refractivity contribution in [2.24, 2.45) is 0 Å². The van der Waals surface area contributed by atoms with Crippen LogP contribution >= 0.6 is 0 Å². The molecule has 0 fully saturated rings. The SMILES string of the molecule is COC(=O)C(C)c1c(C)[nH]c2ccccc12. The van der Waals surface area contributed by atoms with Crippen molar-refractivity contribution in [1.29, 1.82) is 0 Å². The number of hydrogen-bond acceptors (Lipinski definition) is 2. The summed E-state index contributed by atoms with van der Waals surface area (Å²) in [6.45, 7) is 3.85. The van der Waals surface area contributed by atoms with Crippen molar-refractivity contribution in [2.45, 2.75) is 19.8 Å². The van der Waals surface area contributed by atoms with Crippen molar-refractivity contribution in [3.8, 4) is 0 Å². The maximum Gasteiger partial charge on any atom is 0.312 e. The number of rotatable bonds is 2. The maximum absolute atomic E-state index is 11.6. The van der Waals surface area contributed by atoms with Gasteiger partial charge in [-0.05, 0) is 25.5 Å². The van der Waals surface area contributed by atoms with Crippen LogP contribution < -0.4 is 0 Å². The minimum absolute atomic E-state index is 0.201. The van der Waals surface area contributed by atoms with Gasteiger partial charge in [0.25, 0.3) is 0 Å². The first-order valence-corrected chi connectivity index (χ1v) is 5.30. The van der Waals surface area contributed by atoms with E-state index < -0.39 is 0 Å². The van der Waals surface area contributed by atoms with E-state index in [0.29, 0.717) is 0 Å². The number of H-pyrrole nitrogens is 1. The van der Waals surface area contributed by atoms with Gasteiger partial charge in [0.2, 0.25) is 0 Å². The van der Waals surface area contributed by atoms with Gasteiger partial charge in [0.05, 0.1) is 13.0 Å². The molecule has 0 saturated carbocycles. The van der Waals surface area contributed by atoms with Crippen molar-refractivity contribution in [3.05, 3.63) is 35.5 Å². The molecular formula is C13H15NO2. The summed E-state index contributed by atoms with van der Waals surface area (Å²) in [5.41, 5.74) is 3.12. The molecule has 84 valence electrons. The number of benzene rings is 1. The van der Waals surface area contributed by atoms with Gasteiger partial charge in [0.1, 0.15) is 0 Å².